The number of Topliss-reactive ketones (excluding diaryl/α,β-unsaturated/α-hetero) is 1. The SMILES string of the molecule is Cc1ccccc1C1CCC(CCc2ccc(C(=O)CCCCCCN3CCCC3=O)cc2NC(=O)c2ccco2)CC1. The second-order valence-corrected chi connectivity index (χ2v) is 12.5. The molecule has 0 bridgehead atoms. The molecule has 0 atom stereocenters. The van der Waals surface area contributed by atoms with Gasteiger partial charge in [-0.3, -0.25) is 14.4 Å². The van der Waals surface area contributed by atoms with Crippen LogP contribution in [-0.2, 0) is 11.2 Å². The van der Waals surface area contributed by atoms with E-state index in [0.29, 0.717) is 35.9 Å². The molecule has 2 heterocycles. The van der Waals surface area contributed by atoms with Crippen molar-refractivity contribution in [3.63, 3.8) is 0 Å². The number of carbonyl (C=O) groups is 3. The number of aryl methyl sites for hydroxylation is 2. The molecule has 0 radical (unpaired) electrons. The highest BCUT2D eigenvalue weighted by Gasteiger charge is 2.24. The summed E-state index contributed by atoms with van der Waals surface area (Å²) in [7, 11) is 0. The zero-order valence-corrected chi connectivity index (χ0v) is 25.6. The van der Waals surface area contributed by atoms with Gasteiger partial charge in [-0.25, -0.2) is 0 Å². The van der Waals surface area contributed by atoms with Crippen molar-refractivity contribution in [2.75, 3.05) is 18.4 Å². The third-order valence-corrected chi connectivity index (χ3v) is 9.48. The van der Waals surface area contributed by atoms with Gasteiger partial charge in [0.05, 0.1) is 6.26 Å². The highest BCUT2D eigenvalue weighted by atomic mass is 16.3. The fourth-order valence-corrected chi connectivity index (χ4v) is 6.87. The lowest BCUT2D eigenvalue weighted by Gasteiger charge is -2.30. The van der Waals surface area contributed by atoms with Gasteiger partial charge in [0.1, 0.15) is 0 Å². The predicted molar refractivity (Wildman–Crippen MR) is 171 cm³/mol. The molecule has 228 valence electrons. The lowest BCUT2D eigenvalue weighted by molar-refractivity contribution is -0.127. The summed E-state index contributed by atoms with van der Waals surface area (Å²) < 4.78 is 5.32. The van der Waals surface area contributed by atoms with Crippen LogP contribution in [0.5, 0.6) is 0 Å². The summed E-state index contributed by atoms with van der Waals surface area (Å²) in [5.41, 5.74) is 5.31. The first-order valence-electron chi connectivity index (χ1n) is 16.3. The van der Waals surface area contributed by atoms with E-state index >= 15 is 0 Å². The Bertz CT molecular complexity index is 1370. The van der Waals surface area contributed by atoms with Crippen molar-refractivity contribution in [3.8, 4) is 0 Å². The first-order chi connectivity index (χ1) is 21.0. The van der Waals surface area contributed by atoms with Crippen LogP contribution in [0.4, 0.5) is 5.69 Å². The van der Waals surface area contributed by atoms with Crippen LogP contribution in [0.25, 0.3) is 0 Å². The van der Waals surface area contributed by atoms with Crippen LogP contribution in [0, 0.1) is 12.8 Å². The predicted octanol–water partition coefficient (Wildman–Crippen LogP) is 8.50. The Morgan fingerprint density at radius 2 is 1.77 bits per heavy atom. The Labute approximate surface area is 256 Å². The van der Waals surface area contributed by atoms with E-state index in [0.717, 1.165) is 63.6 Å². The number of ketones is 1. The molecule has 2 fully saturated rings. The third kappa shape index (κ3) is 8.46. The number of hydrogen-bond acceptors (Lipinski definition) is 4. The van der Waals surface area contributed by atoms with Crippen LogP contribution in [0.2, 0.25) is 0 Å². The average Bonchev–Trinajstić information content (AvgIpc) is 3.71. The molecular weight excluding hydrogens is 536 g/mol. The van der Waals surface area contributed by atoms with Crippen molar-refractivity contribution in [2.24, 2.45) is 5.92 Å². The largest absolute Gasteiger partial charge is 0.459 e. The molecule has 2 aliphatic rings. The summed E-state index contributed by atoms with van der Waals surface area (Å²) in [5, 5.41) is 3.03. The molecule has 1 aromatic heterocycles. The second-order valence-electron chi connectivity index (χ2n) is 12.5. The second kappa shape index (κ2) is 15.2. The lowest BCUT2D eigenvalue weighted by atomic mass is 9.76. The number of unbranched alkanes of at least 4 members (excludes halogenated alkanes) is 3. The van der Waals surface area contributed by atoms with Gasteiger partial charge in [-0.1, -0.05) is 49.2 Å². The van der Waals surface area contributed by atoms with Crippen LogP contribution < -0.4 is 5.32 Å². The zero-order valence-electron chi connectivity index (χ0n) is 25.6. The molecule has 0 unspecified atom stereocenters. The van der Waals surface area contributed by atoms with Gasteiger partial charge in [-0.15, -0.1) is 0 Å². The van der Waals surface area contributed by atoms with Gasteiger partial charge < -0.3 is 14.6 Å². The number of furan rings is 1. The Morgan fingerprint density at radius 1 is 0.953 bits per heavy atom. The van der Waals surface area contributed by atoms with Gasteiger partial charge in [0, 0.05) is 37.2 Å². The molecule has 2 amide bonds. The van der Waals surface area contributed by atoms with E-state index in [1.54, 1.807) is 12.1 Å². The Hall–Kier alpha value is -3.67. The summed E-state index contributed by atoms with van der Waals surface area (Å²) in [4.78, 5) is 39.7. The van der Waals surface area contributed by atoms with Crippen LogP contribution in [0.3, 0.4) is 0 Å². The molecular formula is C37H46N2O4. The number of anilines is 1. The number of rotatable bonds is 14. The molecule has 1 saturated heterocycles. The lowest BCUT2D eigenvalue weighted by Crippen LogP contribution is -2.25. The molecule has 6 nitrogen and oxygen atoms in total. The molecule has 1 N–H and O–H groups in total. The average molecular weight is 583 g/mol. The zero-order chi connectivity index (χ0) is 30.0. The van der Waals surface area contributed by atoms with E-state index in [9.17, 15) is 14.4 Å². The normalized spacial score (nSPS) is 18.6. The Morgan fingerprint density at radius 3 is 2.51 bits per heavy atom. The quantitative estimate of drug-likeness (QED) is 0.153. The van der Waals surface area contributed by atoms with Crippen LogP contribution >= 0.6 is 0 Å². The third-order valence-electron chi connectivity index (χ3n) is 9.48. The van der Waals surface area contributed by atoms with E-state index in [-0.39, 0.29) is 23.4 Å². The number of likely N-dealkylation sites (tertiary alicyclic amines) is 1. The van der Waals surface area contributed by atoms with E-state index in [1.807, 2.05) is 23.1 Å². The van der Waals surface area contributed by atoms with Gasteiger partial charge in [0.15, 0.2) is 11.5 Å². The highest BCUT2D eigenvalue weighted by Crippen LogP contribution is 2.39. The summed E-state index contributed by atoms with van der Waals surface area (Å²) in [6.07, 6.45) is 14.3. The number of nitrogens with one attached hydrogen (secondary N) is 1. The first kappa shape index (κ1) is 30.8. The van der Waals surface area contributed by atoms with Crippen molar-refractivity contribution in [1.29, 1.82) is 0 Å². The van der Waals surface area contributed by atoms with Crippen molar-refractivity contribution in [1.82, 2.24) is 4.90 Å². The van der Waals surface area contributed by atoms with Crippen molar-refractivity contribution < 1.29 is 18.8 Å². The van der Waals surface area contributed by atoms with Gasteiger partial charge in [0.25, 0.3) is 5.91 Å². The minimum atomic E-state index is -0.300. The van der Waals surface area contributed by atoms with Crippen molar-refractivity contribution >= 4 is 23.3 Å². The maximum Gasteiger partial charge on any atom is 0.291 e. The van der Waals surface area contributed by atoms with Crippen LogP contribution in [0.15, 0.2) is 65.3 Å². The molecule has 1 saturated carbocycles. The standard InChI is InChI=1S/C37H46N2O4/c1-27-10-5-6-11-32(27)29-18-15-28(16-19-29)17-20-30-21-22-31(26-33(30)38-37(42)35-13-9-25-43-35)34(40)12-4-2-3-7-23-39-24-8-14-36(39)41/h5-6,9-11,13,21-22,25-26,28-29H,2-4,7-8,12,14-20,23-24H2,1H3,(H,38,42). The molecule has 6 heteroatoms. The maximum atomic E-state index is 13.1. The fraction of sp³-hybridized carbons (Fsp3) is 0.486. The van der Waals surface area contributed by atoms with E-state index in [4.69, 9.17) is 4.42 Å². The Kier molecular flexibility index (Phi) is 10.9. The number of nitrogens with zero attached hydrogens (tertiary/aromatic N) is 1. The van der Waals surface area contributed by atoms with E-state index in [2.05, 4.69) is 36.5 Å². The molecule has 43 heavy (non-hydrogen) atoms. The molecule has 0 spiro atoms. The first-order valence-corrected chi connectivity index (χ1v) is 16.3. The van der Waals surface area contributed by atoms with Gasteiger partial charge in [-0.05, 0) is 111 Å². The van der Waals surface area contributed by atoms with Gasteiger partial charge >= 0.3 is 0 Å². The molecule has 1 aliphatic heterocycles. The smallest absolute Gasteiger partial charge is 0.291 e. The number of hydrogen-bond donors (Lipinski definition) is 1. The van der Waals surface area contributed by atoms with Gasteiger partial charge in [0.2, 0.25) is 5.91 Å². The van der Waals surface area contributed by atoms with Crippen LogP contribution in [0.1, 0.15) is 121 Å². The maximum absolute atomic E-state index is 13.1. The topological polar surface area (TPSA) is 79.6 Å². The van der Waals surface area contributed by atoms with Gasteiger partial charge in [-0.2, -0.15) is 0 Å². The fourth-order valence-electron chi connectivity index (χ4n) is 6.87. The molecule has 1 aliphatic carbocycles. The van der Waals surface area contributed by atoms with Crippen molar-refractivity contribution in [3.05, 3.63) is 88.9 Å². The molecule has 2 aromatic carbocycles. The monoisotopic (exact) mass is 582 g/mol. The number of benzene rings is 2. The number of carbonyl (C=O) groups excluding carboxylic acids is 3. The summed E-state index contributed by atoms with van der Waals surface area (Å²) in [5.74, 6) is 1.65. The Balaban J connectivity index is 1.14. The number of amides is 2. The van der Waals surface area contributed by atoms with E-state index in [1.165, 1.54) is 43.1 Å². The summed E-state index contributed by atoms with van der Waals surface area (Å²) in [6.45, 7) is 3.94. The van der Waals surface area contributed by atoms with Crippen molar-refractivity contribution in [2.45, 2.75) is 96.3 Å². The van der Waals surface area contributed by atoms with E-state index < -0.39 is 0 Å². The van der Waals surface area contributed by atoms with Crippen LogP contribution in [-0.4, -0.2) is 35.6 Å². The molecule has 3 aromatic rings. The summed E-state index contributed by atoms with van der Waals surface area (Å²) >= 11 is 0. The summed E-state index contributed by atoms with van der Waals surface area (Å²) in [6, 6.07) is 17.9. The highest BCUT2D eigenvalue weighted by molar-refractivity contribution is 6.04. The minimum absolute atomic E-state index is 0.101. The molecule has 5 rings (SSSR count). The minimum Gasteiger partial charge on any atom is -0.459 e.